The third-order valence-electron chi connectivity index (χ3n) is 13.2. The number of ketones is 4. The van der Waals surface area contributed by atoms with Crippen molar-refractivity contribution in [3.8, 4) is 11.1 Å². The third kappa shape index (κ3) is 12.9. The first-order valence-electron chi connectivity index (χ1n) is 25.3. The number of benzene rings is 4. The predicted molar refractivity (Wildman–Crippen MR) is 266 cm³/mol. The molecule has 66 heavy (non-hydrogen) atoms. The standard InChI is InChI=1S/C57H71N3O6/c1-3-5-7-9-11-13-15-16-17-19-21-23-33-48(61)59-46-36-34-40(50-52(46)56(65)44-31-26-24-29-42(44)54(50)63)41-35-37-47(53-51(41)55(64)43-30-25-27-32-45(43)57(53)66)60-49(62)39-58-38-28-22-20-18-14-12-10-8-6-4-2/h24-27,29-32,34-37,58H,3-23,28,33,38-39H2,1-2H3,(H,59,61)(H,60,62). The highest BCUT2D eigenvalue weighted by atomic mass is 16.2. The highest BCUT2D eigenvalue weighted by Crippen LogP contribution is 2.43. The molecule has 9 heteroatoms. The van der Waals surface area contributed by atoms with Crippen molar-refractivity contribution in [1.29, 1.82) is 0 Å². The second kappa shape index (κ2) is 26.0. The molecule has 2 aliphatic carbocycles. The highest BCUT2D eigenvalue weighted by Gasteiger charge is 2.38. The fourth-order valence-electron chi connectivity index (χ4n) is 9.58. The molecule has 2 aliphatic rings. The van der Waals surface area contributed by atoms with Crippen molar-refractivity contribution in [2.45, 2.75) is 162 Å². The zero-order valence-electron chi connectivity index (χ0n) is 39.6. The van der Waals surface area contributed by atoms with Gasteiger partial charge in [-0.3, -0.25) is 28.8 Å². The summed E-state index contributed by atoms with van der Waals surface area (Å²) in [5.41, 5.74) is 2.02. The van der Waals surface area contributed by atoms with E-state index in [1.165, 1.54) is 103 Å². The van der Waals surface area contributed by atoms with E-state index in [1.54, 1.807) is 72.8 Å². The number of hydrogen-bond acceptors (Lipinski definition) is 7. The lowest BCUT2D eigenvalue weighted by Crippen LogP contribution is -2.30. The third-order valence-corrected chi connectivity index (χ3v) is 13.2. The first-order valence-corrected chi connectivity index (χ1v) is 25.3. The molecule has 0 saturated heterocycles. The van der Waals surface area contributed by atoms with Gasteiger partial charge < -0.3 is 16.0 Å². The summed E-state index contributed by atoms with van der Waals surface area (Å²) in [6.07, 6.45) is 26.6. The van der Waals surface area contributed by atoms with E-state index in [2.05, 4.69) is 29.8 Å². The van der Waals surface area contributed by atoms with Crippen molar-refractivity contribution in [2.24, 2.45) is 0 Å². The molecular weight excluding hydrogens is 823 g/mol. The number of carbonyl (C=O) groups excluding carboxylic acids is 6. The number of nitrogens with one attached hydrogen (secondary N) is 3. The van der Waals surface area contributed by atoms with Gasteiger partial charge in [0, 0.05) is 39.8 Å². The number of rotatable bonds is 29. The van der Waals surface area contributed by atoms with Gasteiger partial charge in [-0.2, -0.15) is 0 Å². The zero-order chi connectivity index (χ0) is 46.7. The maximum Gasteiger partial charge on any atom is 0.238 e. The molecule has 0 aromatic heterocycles. The number of anilines is 2. The van der Waals surface area contributed by atoms with Gasteiger partial charge in [0.1, 0.15) is 0 Å². The average Bonchev–Trinajstić information content (AvgIpc) is 3.33. The van der Waals surface area contributed by atoms with E-state index in [-0.39, 0.29) is 91.8 Å². The largest absolute Gasteiger partial charge is 0.325 e. The molecule has 0 spiro atoms. The first-order chi connectivity index (χ1) is 32.3. The molecule has 0 heterocycles. The number of amides is 2. The van der Waals surface area contributed by atoms with Crippen molar-refractivity contribution < 1.29 is 28.8 Å². The van der Waals surface area contributed by atoms with Crippen LogP contribution in [0.5, 0.6) is 0 Å². The van der Waals surface area contributed by atoms with Gasteiger partial charge in [-0.1, -0.05) is 203 Å². The van der Waals surface area contributed by atoms with Crippen LogP contribution in [0.2, 0.25) is 0 Å². The van der Waals surface area contributed by atoms with Crippen LogP contribution < -0.4 is 16.0 Å². The van der Waals surface area contributed by atoms with Crippen molar-refractivity contribution in [3.05, 3.63) is 117 Å². The second-order valence-corrected chi connectivity index (χ2v) is 18.3. The van der Waals surface area contributed by atoms with Crippen molar-refractivity contribution >= 4 is 46.3 Å². The van der Waals surface area contributed by atoms with Crippen LogP contribution in [0, 0.1) is 0 Å². The van der Waals surface area contributed by atoms with Gasteiger partial charge in [-0.05, 0) is 42.6 Å². The zero-order valence-corrected chi connectivity index (χ0v) is 39.6. The summed E-state index contributed by atoms with van der Waals surface area (Å²) in [5.74, 6) is -2.31. The van der Waals surface area contributed by atoms with Crippen LogP contribution in [-0.4, -0.2) is 48.0 Å². The van der Waals surface area contributed by atoms with Gasteiger partial charge in [0.05, 0.1) is 29.0 Å². The summed E-state index contributed by atoms with van der Waals surface area (Å²) in [7, 11) is 0. The maximum absolute atomic E-state index is 14.6. The normalized spacial score (nSPS) is 12.7. The van der Waals surface area contributed by atoms with Crippen LogP contribution >= 0.6 is 0 Å². The molecule has 4 aromatic carbocycles. The van der Waals surface area contributed by atoms with Gasteiger partial charge in [-0.25, -0.2) is 0 Å². The molecule has 3 N–H and O–H groups in total. The van der Waals surface area contributed by atoms with Crippen LogP contribution in [0.25, 0.3) is 11.1 Å². The lowest BCUT2D eigenvalue weighted by Gasteiger charge is -2.26. The van der Waals surface area contributed by atoms with Gasteiger partial charge in [-0.15, -0.1) is 0 Å². The minimum Gasteiger partial charge on any atom is -0.325 e. The van der Waals surface area contributed by atoms with E-state index in [1.807, 2.05) is 0 Å². The molecular formula is C57H71N3O6. The predicted octanol–water partition coefficient (Wildman–Crippen LogP) is 13.4. The fraction of sp³-hybridized carbons (Fsp3) is 0.474. The molecule has 0 radical (unpaired) electrons. The number of hydrogen-bond donors (Lipinski definition) is 3. The van der Waals surface area contributed by atoms with E-state index in [0.717, 1.165) is 32.1 Å². The Morgan fingerprint density at radius 2 is 0.697 bits per heavy atom. The summed E-state index contributed by atoms with van der Waals surface area (Å²) in [5, 5.41) is 9.06. The minimum absolute atomic E-state index is 0.0303. The van der Waals surface area contributed by atoms with Crippen LogP contribution in [0.4, 0.5) is 11.4 Å². The molecule has 2 amide bonds. The Labute approximate surface area is 392 Å². The topological polar surface area (TPSA) is 139 Å². The second-order valence-electron chi connectivity index (χ2n) is 18.3. The number of unbranched alkanes of at least 4 members (excludes halogenated alkanes) is 20. The lowest BCUT2D eigenvalue weighted by atomic mass is 9.75. The van der Waals surface area contributed by atoms with Gasteiger partial charge in [0.2, 0.25) is 11.8 Å². The Morgan fingerprint density at radius 3 is 1.09 bits per heavy atom. The Bertz CT molecular complexity index is 2180. The summed E-state index contributed by atoms with van der Waals surface area (Å²) in [6.45, 7) is 5.18. The molecule has 4 aromatic rings. The molecule has 0 bridgehead atoms. The molecule has 0 aliphatic heterocycles. The van der Waals surface area contributed by atoms with E-state index >= 15 is 0 Å². The van der Waals surface area contributed by atoms with Crippen molar-refractivity contribution in [2.75, 3.05) is 23.7 Å². The Hall–Kier alpha value is -5.54. The molecule has 0 atom stereocenters. The first kappa shape index (κ1) is 49.9. The van der Waals surface area contributed by atoms with Gasteiger partial charge in [0.15, 0.2) is 23.1 Å². The minimum atomic E-state index is -0.436. The highest BCUT2D eigenvalue weighted by molar-refractivity contribution is 6.35. The molecule has 0 unspecified atom stereocenters. The smallest absolute Gasteiger partial charge is 0.238 e. The van der Waals surface area contributed by atoms with E-state index < -0.39 is 23.1 Å². The van der Waals surface area contributed by atoms with Gasteiger partial charge in [0.25, 0.3) is 0 Å². The Morgan fingerprint density at radius 1 is 0.364 bits per heavy atom. The van der Waals surface area contributed by atoms with E-state index in [9.17, 15) is 28.8 Å². The number of carbonyl (C=O) groups is 6. The molecule has 350 valence electrons. The van der Waals surface area contributed by atoms with Crippen LogP contribution in [0.1, 0.15) is 225 Å². The van der Waals surface area contributed by atoms with E-state index in [4.69, 9.17) is 0 Å². The Balaban J connectivity index is 1.18. The van der Waals surface area contributed by atoms with Crippen LogP contribution in [0.3, 0.4) is 0 Å². The number of fused-ring (bicyclic) bond motifs is 4. The molecule has 0 saturated carbocycles. The van der Waals surface area contributed by atoms with E-state index in [0.29, 0.717) is 13.0 Å². The summed E-state index contributed by atoms with van der Waals surface area (Å²) in [6, 6.07) is 19.6. The van der Waals surface area contributed by atoms with Crippen molar-refractivity contribution in [1.82, 2.24) is 5.32 Å². The molecule has 9 nitrogen and oxygen atoms in total. The maximum atomic E-state index is 14.6. The van der Waals surface area contributed by atoms with Crippen molar-refractivity contribution in [3.63, 3.8) is 0 Å². The summed E-state index contributed by atoms with van der Waals surface area (Å²) in [4.78, 5) is 84.8. The van der Waals surface area contributed by atoms with Crippen LogP contribution in [0.15, 0.2) is 72.8 Å². The van der Waals surface area contributed by atoms with Gasteiger partial charge >= 0.3 is 0 Å². The summed E-state index contributed by atoms with van der Waals surface area (Å²) >= 11 is 0. The Kier molecular flexibility index (Phi) is 19.6. The fourth-order valence-corrected chi connectivity index (χ4v) is 9.58. The molecule has 6 rings (SSSR count). The SMILES string of the molecule is CCCCCCCCCCCCCCC(=O)Nc1ccc(-c2ccc(NC(=O)CNCCCCCCCCCCCC)c3c2C(=O)c2ccccc2C3=O)c2c1C(=O)c1ccccc1C2=O. The monoisotopic (exact) mass is 894 g/mol. The summed E-state index contributed by atoms with van der Waals surface area (Å²) < 4.78 is 0. The molecule has 0 fully saturated rings. The van der Waals surface area contributed by atoms with Crippen LogP contribution in [-0.2, 0) is 9.59 Å². The average molecular weight is 894 g/mol. The quantitative estimate of drug-likeness (QED) is 0.0399. The lowest BCUT2D eigenvalue weighted by molar-refractivity contribution is -0.116.